The van der Waals surface area contributed by atoms with Gasteiger partial charge in [-0.3, -0.25) is 0 Å². The monoisotopic (exact) mass is 207 g/mol. The van der Waals surface area contributed by atoms with E-state index >= 15 is 0 Å². The highest BCUT2D eigenvalue weighted by atomic mass is 35.5. The molecule has 0 radical (unpaired) electrons. The molecule has 3 heteroatoms. The van der Waals surface area contributed by atoms with E-state index in [9.17, 15) is 0 Å². The SMILES string of the molecule is CC1(CNCC(Cl)=CCl)CCC1. The molecule has 1 N–H and O–H groups in total. The standard InChI is InChI=1S/C9H15Cl2N/c1-9(3-2-4-9)7-12-6-8(11)5-10/h5,12H,2-4,6-7H2,1H3. The van der Waals surface area contributed by atoms with Crippen LogP contribution < -0.4 is 5.32 Å². The minimum Gasteiger partial charge on any atom is -0.311 e. The van der Waals surface area contributed by atoms with Crippen molar-refractivity contribution in [3.8, 4) is 0 Å². The molecule has 1 fully saturated rings. The molecule has 0 aromatic heterocycles. The van der Waals surface area contributed by atoms with Crippen LogP contribution in [-0.2, 0) is 0 Å². The van der Waals surface area contributed by atoms with Crippen molar-refractivity contribution in [2.24, 2.45) is 5.41 Å². The molecule has 0 spiro atoms. The minimum absolute atomic E-state index is 0.517. The Morgan fingerprint density at radius 1 is 1.58 bits per heavy atom. The van der Waals surface area contributed by atoms with Gasteiger partial charge in [0.05, 0.1) is 0 Å². The van der Waals surface area contributed by atoms with E-state index in [1.807, 2.05) is 0 Å². The van der Waals surface area contributed by atoms with Gasteiger partial charge >= 0.3 is 0 Å². The summed E-state index contributed by atoms with van der Waals surface area (Å²) in [6, 6.07) is 0. The molecule has 0 heterocycles. The van der Waals surface area contributed by atoms with Crippen molar-refractivity contribution in [3.63, 3.8) is 0 Å². The third kappa shape index (κ3) is 2.96. The smallest absolute Gasteiger partial charge is 0.0431 e. The summed E-state index contributed by atoms with van der Waals surface area (Å²) in [5, 5.41) is 3.97. The molecule has 0 aliphatic heterocycles. The summed E-state index contributed by atoms with van der Waals surface area (Å²) in [6.45, 7) is 4.05. The van der Waals surface area contributed by atoms with Crippen LogP contribution in [0.5, 0.6) is 0 Å². The van der Waals surface area contributed by atoms with Crippen LogP contribution in [-0.4, -0.2) is 13.1 Å². The van der Waals surface area contributed by atoms with E-state index in [1.165, 1.54) is 24.8 Å². The van der Waals surface area contributed by atoms with Gasteiger partial charge < -0.3 is 5.32 Å². The lowest BCUT2D eigenvalue weighted by Gasteiger charge is -2.38. The predicted octanol–water partition coefficient (Wildman–Crippen LogP) is 3.09. The summed E-state index contributed by atoms with van der Waals surface area (Å²) in [6.07, 6.45) is 4.04. The van der Waals surface area contributed by atoms with Crippen LogP contribution in [0.3, 0.4) is 0 Å². The van der Waals surface area contributed by atoms with Gasteiger partial charge in [-0.15, -0.1) is 0 Å². The summed E-state index contributed by atoms with van der Waals surface area (Å²) < 4.78 is 0. The third-order valence-electron chi connectivity index (χ3n) is 2.52. The molecular weight excluding hydrogens is 193 g/mol. The van der Waals surface area contributed by atoms with Crippen molar-refractivity contribution in [1.82, 2.24) is 5.32 Å². The summed E-state index contributed by atoms with van der Waals surface area (Å²) in [5.74, 6) is 0. The Morgan fingerprint density at radius 3 is 2.67 bits per heavy atom. The Labute approximate surface area is 84.1 Å². The zero-order chi connectivity index (χ0) is 9.03. The maximum Gasteiger partial charge on any atom is 0.0431 e. The van der Waals surface area contributed by atoms with Crippen LogP contribution >= 0.6 is 23.2 Å². The highest BCUT2D eigenvalue weighted by Crippen LogP contribution is 2.39. The van der Waals surface area contributed by atoms with Gasteiger partial charge in [-0.1, -0.05) is 36.5 Å². The fourth-order valence-corrected chi connectivity index (χ4v) is 1.65. The number of hydrogen-bond acceptors (Lipinski definition) is 1. The quantitative estimate of drug-likeness (QED) is 0.748. The van der Waals surface area contributed by atoms with Gasteiger partial charge in [0.25, 0.3) is 0 Å². The Hall–Kier alpha value is 0.280. The van der Waals surface area contributed by atoms with Crippen molar-refractivity contribution >= 4 is 23.2 Å². The molecule has 0 unspecified atom stereocenters. The van der Waals surface area contributed by atoms with Gasteiger partial charge in [0.1, 0.15) is 0 Å². The number of halogens is 2. The summed E-state index contributed by atoms with van der Waals surface area (Å²) >= 11 is 11.1. The summed E-state index contributed by atoms with van der Waals surface area (Å²) in [4.78, 5) is 0. The Balaban J connectivity index is 2.09. The first-order valence-corrected chi connectivity index (χ1v) is 5.13. The predicted molar refractivity (Wildman–Crippen MR) is 54.6 cm³/mol. The van der Waals surface area contributed by atoms with Crippen molar-refractivity contribution in [1.29, 1.82) is 0 Å². The highest BCUT2D eigenvalue weighted by Gasteiger charge is 2.30. The first-order chi connectivity index (χ1) is 5.66. The van der Waals surface area contributed by atoms with Crippen molar-refractivity contribution in [2.75, 3.05) is 13.1 Å². The van der Waals surface area contributed by atoms with Crippen molar-refractivity contribution in [2.45, 2.75) is 26.2 Å². The van der Waals surface area contributed by atoms with E-state index in [-0.39, 0.29) is 0 Å². The number of rotatable bonds is 4. The molecule has 1 aliphatic rings. The largest absolute Gasteiger partial charge is 0.311 e. The van der Waals surface area contributed by atoms with Crippen LogP contribution in [0.4, 0.5) is 0 Å². The van der Waals surface area contributed by atoms with Gasteiger partial charge in [-0.05, 0) is 18.3 Å². The second kappa shape index (κ2) is 4.50. The molecule has 0 atom stereocenters. The minimum atomic E-state index is 0.517. The van der Waals surface area contributed by atoms with E-state index in [0.717, 1.165) is 6.54 Å². The molecule has 1 nitrogen and oxygen atoms in total. The maximum absolute atomic E-state index is 5.72. The number of hydrogen-bond donors (Lipinski definition) is 1. The van der Waals surface area contributed by atoms with Gasteiger partial charge in [0.2, 0.25) is 0 Å². The van der Waals surface area contributed by atoms with E-state index in [2.05, 4.69) is 12.2 Å². The molecule has 0 saturated heterocycles. The fourth-order valence-electron chi connectivity index (χ4n) is 1.48. The van der Waals surface area contributed by atoms with Gasteiger partial charge in [-0.25, -0.2) is 0 Å². The van der Waals surface area contributed by atoms with Crippen LogP contribution in [0.2, 0.25) is 0 Å². The first kappa shape index (κ1) is 10.4. The second-order valence-electron chi connectivity index (χ2n) is 3.82. The van der Waals surface area contributed by atoms with Crippen LogP contribution in [0, 0.1) is 5.41 Å². The molecular formula is C9H15Cl2N. The molecule has 0 aromatic carbocycles. The van der Waals surface area contributed by atoms with E-state index in [1.54, 1.807) is 0 Å². The average molecular weight is 208 g/mol. The lowest BCUT2D eigenvalue weighted by Crippen LogP contribution is -2.37. The van der Waals surface area contributed by atoms with Crippen LogP contribution in [0.25, 0.3) is 0 Å². The lowest BCUT2D eigenvalue weighted by molar-refractivity contribution is 0.159. The Bertz CT molecular complexity index is 173. The molecule has 1 saturated carbocycles. The molecule has 0 amide bonds. The Morgan fingerprint density at radius 2 is 2.25 bits per heavy atom. The van der Waals surface area contributed by atoms with Crippen molar-refractivity contribution in [3.05, 3.63) is 10.6 Å². The van der Waals surface area contributed by atoms with Crippen molar-refractivity contribution < 1.29 is 0 Å². The van der Waals surface area contributed by atoms with Gasteiger partial charge in [0.15, 0.2) is 0 Å². The van der Waals surface area contributed by atoms with E-state index in [0.29, 0.717) is 17.0 Å². The molecule has 70 valence electrons. The Kier molecular flexibility index (Phi) is 3.88. The van der Waals surface area contributed by atoms with E-state index in [4.69, 9.17) is 23.2 Å². The fraction of sp³-hybridized carbons (Fsp3) is 0.778. The zero-order valence-electron chi connectivity index (χ0n) is 7.37. The molecule has 1 aliphatic carbocycles. The normalized spacial score (nSPS) is 22.1. The van der Waals surface area contributed by atoms with E-state index < -0.39 is 0 Å². The first-order valence-electron chi connectivity index (χ1n) is 4.32. The van der Waals surface area contributed by atoms with Gasteiger partial charge in [0, 0.05) is 23.7 Å². The molecule has 1 rings (SSSR count). The van der Waals surface area contributed by atoms with Crippen LogP contribution in [0.1, 0.15) is 26.2 Å². The second-order valence-corrected chi connectivity index (χ2v) is 4.53. The average Bonchev–Trinajstić information content (AvgIpc) is 2.01. The van der Waals surface area contributed by atoms with Crippen LogP contribution in [0.15, 0.2) is 10.6 Å². The topological polar surface area (TPSA) is 12.0 Å². The summed E-state index contributed by atoms with van der Waals surface area (Å²) in [5.41, 5.74) is 1.93. The molecule has 0 aromatic rings. The maximum atomic E-state index is 5.72. The molecule has 0 bridgehead atoms. The zero-order valence-corrected chi connectivity index (χ0v) is 8.88. The molecule has 12 heavy (non-hydrogen) atoms. The van der Waals surface area contributed by atoms with Gasteiger partial charge in [-0.2, -0.15) is 0 Å². The highest BCUT2D eigenvalue weighted by molar-refractivity contribution is 6.36. The third-order valence-corrected chi connectivity index (χ3v) is 3.14. The number of nitrogens with one attached hydrogen (secondary N) is 1. The lowest BCUT2D eigenvalue weighted by atomic mass is 9.70. The summed E-state index contributed by atoms with van der Waals surface area (Å²) in [7, 11) is 0.